The molecule has 0 saturated carbocycles. The SMILES string of the molecule is COc1ccc2cc(NC(=O)[C@H]3CCCN(c4ncccn4)C3)cnc2c1. The van der Waals surface area contributed by atoms with Crippen LogP contribution in [0.5, 0.6) is 5.75 Å². The molecule has 1 aliphatic heterocycles. The van der Waals surface area contributed by atoms with Gasteiger partial charge in [-0.05, 0) is 37.1 Å². The molecule has 0 bridgehead atoms. The van der Waals surface area contributed by atoms with E-state index in [1.54, 1.807) is 31.8 Å². The van der Waals surface area contributed by atoms with Crippen LogP contribution in [0.15, 0.2) is 48.9 Å². The van der Waals surface area contributed by atoms with Gasteiger partial charge in [0, 0.05) is 36.9 Å². The maximum absolute atomic E-state index is 12.8. The zero-order valence-corrected chi connectivity index (χ0v) is 15.1. The Morgan fingerprint density at radius 3 is 2.89 bits per heavy atom. The number of carbonyl (C=O) groups excluding carboxylic acids is 1. The fourth-order valence-electron chi connectivity index (χ4n) is 3.37. The van der Waals surface area contributed by atoms with E-state index in [0.717, 1.165) is 36.0 Å². The average molecular weight is 363 g/mol. The Morgan fingerprint density at radius 2 is 2.07 bits per heavy atom. The van der Waals surface area contributed by atoms with Gasteiger partial charge in [0.1, 0.15) is 5.75 Å². The van der Waals surface area contributed by atoms with Gasteiger partial charge in [0.05, 0.1) is 30.4 Å². The minimum absolute atomic E-state index is 0.00490. The van der Waals surface area contributed by atoms with E-state index in [4.69, 9.17) is 4.74 Å². The van der Waals surface area contributed by atoms with Gasteiger partial charge in [-0.1, -0.05) is 0 Å². The molecule has 1 aliphatic rings. The van der Waals surface area contributed by atoms with Crippen LogP contribution in [-0.2, 0) is 4.79 Å². The number of amides is 1. The highest BCUT2D eigenvalue weighted by molar-refractivity contribution is 5.95. The highest BCUT2D eigenvalue weighted by atomic mass is 16.5. The Kier molecular flexibility index (Phi) is 4.82. The molecule has 0 spiro atoms. The molecule has 138 valence electrons. The largest absolute Gasteiger partial charge is 0.497 e. The van der Waals surface area contributed by atoms with Gasteiger partial charge in [-0.3, -0.25) is 9.78 Å². The van der Waals surface area contributed by atoms with Crippen LogP contribution in [0.3, 0.4) is 0 Å². The van der Waals surface area contributed by atoms with Gasteiger partial charge in [0.2, 0.25) is 11.9 Å². The monoisotopic (exact) mass is 363 g/mol. The third-order valence-corrected chi connectivity index (χ3v) is 4.79. The van der Waals surface area contributed by atoms with Crippen molar-refractivity contribution < 1.29 is 9.53 Å². The molecule has 1 atom stereocenters. The molecule has 3 aromatic rings. The summed E-state index contributed by atoms with van der Waals surface area (Å²) in [7, 11) is 1.63. The van der Waals surface area contributed by atoms with Crippen LogP contribution in [0.2, 0.25) is 0 Å². The van der Waals surface area contributed by atoms with Crippen molar-refractivity contribution >= 4 is 28.4 Å². The molecule has 1 aromatic carbocycles. The van der Waals surface area contributed by atoms with Crippen LogP contribution in [0.1, 0.15) is 12.8 Å². The third-order valence-electron chi connectivity index (χ3n) is 4.79. The Hall–Kier alpha value is -3.22. The quantitative estimate of drug-likeness (QED) is 0.768. The van der Waals surface area contributed by atoms with Crippen LogP contribution in [0.4, 0.5) is 11.6 Å². The second-order valence-corrected chi connectivity index (χ2v) is 6.61. The normalized spacial score (nSPS) is 16.9. The lowest BCUT2D eigenvalue weighted by Crippen LogP contribution is -2.41. The van der Waals surface area contributed by atoms with E-state index in [9.17, 15) is 4.79 Å². The fourth-order valence-corrected chi connectivity index (χ4v) is 3.37. The van der Waals surface area contributed by atoms with Crippen molar-refractivity contribution in [1.82, 2.24) is 15.0 Å². The summed E-state index contributed by atoms with van der Waals surface area (Å²) < 4.78 is 5.22. The molecular formula is C20H21N5O2. The molecule has 2 aromatic heterocycles. The van der Waals surface area contributed by atoms with E-state index in [2.05, 4.69) is 25.2 Å². The van der Waals surface area contributed by atoms with E-state index < -0.39 is 0 Å². The first-order valence-electron chi connectivity index (χ1n) is 8.99. The molecular weight excluding hydrogens is 342 g/mol. The molecule has 7 heteroatoms. The smallest absolute Gasteiger partial charge is 0.229 e. The van der Waals surface area contributed by atoms with Gasteiger partial charge in [0.15, 0.2) is 0 Å². The fraction of sp³-hybridized carbons (Fsp3) is 0.300. The maximum Gasteiger partial charge on any atom is 0.229 e. The van der Waals surface area contributed by atoms with Gasteiger partial charge < -0.3 is 15.0 Å². The number of aromatic nitrogens is 3. The molecule has 0 radical (unpaired) electrons. The van der Waals surface area contributed by atoms with Crippen molar-refractivity contribution in [2.24, 2.45) is 5.92 Å². The molecule has 1 saturated heterocycles. The zero-order chi connectivity index (χ0) is 18.6. The summed E-state index contributed by atoms with van der Waals surface area (Å²) in [4.78, 5) is 27.8. The molecule has 1 N–H and O–H groups in total. The number of methoxy groups -OCH3 is 1. The van der Waals surface area contributed by atoms with Gasteiger partial charge in [0.25, 0.3) is 0 Å². The molecule has 27 heavy (non-hydrogen) atoms. The van der Waals surface area contributed by atoms with Crippen molar-refractivity contribution in [3.8, 4) is 5.75 Å². The second-order valence-electron chi connectivity index (χ2n) is 6.61. The summed E-state index contributed by atoms with van der Waals surface area (Å²) in [6.07, 6.45) is 6.92. The lowest BCUT2D eigenvalue weighted by Gasteiger charge is -2.31. The number of nitrogens with one attached hydrogen (secondary N) is 1. The van der Waals surface area contributed by atoms with Crippen LogP contribution < -0.4 is 15.0 Å². The van der Waals surface area contributed by atoms with Gasteiger partial charge in [-0.15, -0.1) is 0 Å². The summed E-state index contributed by atoms with van der Waals surface area (Å²) in [5.41, 5.74) is 1.53. The van der Waals surface area contributed by atoms with Gasteiger partial charge in [-0.2, -0.15) is 0 Å². The molecule has 1 amide bonds. The van der Waals surface area contributed by atoms with E-state index in [1.807, 2.05) is 24.3 Å². The van der Waals surface area contributed by atoms with Gasteiger partial charge >= 0.3 is 0 Å². The Bertz CT molecular complexity index is 948. The molecule has 0 unspecified atom stereocenters. The van der Waals surface area contributed by atoms with Crippen molar-refractivity contribution in [1.29, 1.82) is 0 Å². The third kappa shape index (κ3) is 3.81. The van der Waals surface area contributed by atoms with Crippen LogP contribution in [0.25, 0.3) is 10.9 Å². The van der Waals surface area contributed by atoms with Crippen molar-refractivity contribution in [2.75, 3.05) is 30.4 Å². The summed E-state index contributed by atoms with van der Waals surface area (Å²) in [5, 5.41) is 3.96. The first kappa shape index (κ1) is 17.2. The summed E-state index contributed by atoms with van der Waals surface area (Å²) >= 11 is 0. The lowest BCUT2D eigenvalue weighted by molar-refractivity contribution is -0.120. The van der Waals surface area contributed by atoms with Crippen molar-refractivity contribution in [2.45, 2.75) is 12.8 Å². The van der Waals surface area contributed by atoms with E-state index in [0.29, 0.717) is 18.2 Å². The summed E-state index contributed by atoms with van der Waals surface area (Å²) in [6.45, 7) is 1.49. The highest BCUT2D eigenvalue weighted by Gasteiger charge is 2.27. The number of piperidine rings is 1. The first-order chi connectivity index (χ1) is 13.2. The summed E-state index contributed by atoms with van der Waals surface area (Å²) in [5.74, 6) is 1.34. The van der Waals surface area contributed by atoms with E-state index in [-0.39, 0.29) is 11.8 Å². The Labute approximate surface area is 157 Å². The van der Waals surface area contributed by atoms with E-state index in [1.165, 1.54) is 0 Å². The number of benzene rings is 1. The number of nitrogens with zero attached hydrogens (tertiary/aromatic N) is 4. The topological polar surface area (TPSA) is 80.2 Å². The molecule has 1 fully saturated rings. The van der Waals surface area contributed by atoms with Gasteiger partial charge in [-0.25, -0.2) is 9.97 Å². The predicted molar refractivity (Wildman–Crippen MR) is 104 cm³/mol. The maximum atomic E-state index is 12.8. The first-order valence-corrected chi connectivity index (χ1v) is 8.99. The molecule has 4 rings (SSSR count). The number of ether oxygens (including phenoxy) is 1. The number of fused-ring (bicyclic) bond motifs is 1. The summed E-state index contributed by atoms with van der Waals surface area (Å²) in [6, 6.07) is 9.42. The van der Waals surface area contributed by atoms with Crippen LogP contribution in [-0.4, -0.2) is 41.1 Å². The van der Waals surface area contributed by atoms with Crippen LogP contribution in [0, 0.1) is 5.92 Å². The standard InChI is InChI=1S/C20H21N5O2/c1-27-17-6-5-14-10-16(12-23-18(14)11-17)24-19(26)15-4-2-9-25(13-15)20-21-7-3-8-22-20/h3,5-8,10-12,15H,2,4,9,13H2,1H3,(H,24,26)/t15-/m0/s1. The van der Waals surface area contributed by atoms with Crippen molar-refractivity contribution in [3.63, 3.8) is 0 Å². The lowest BCUT2D eigenvalue weighted by atomic mass is 9.97. The molecule has 3 heterocycles. The minimum Gasteiger partial charge on any atom is -0.497 e. The zero-order valence-electron chi connectivity index (χ0n) is 15.1. The highest BCUT2D eigenvalue weighted by Crippen LogP contribution is 2.24. The number of rotatable bonds is 4. The molecule has 7 nitrogen and oxygen atoms in total. The number of hydrogen-bond donors (Lipinski definition) is 1. The Balaban J connectivity index is 1.46. The minimum atomic E-state index is -0.103. The van der Waals surface area contributed by atoms with Crippen molar-refractivity contribution in [3.05, 3.63) is 48.9 Å². The number of carbonyl (C=O) groups is 1. The number of pyridine rings is 1. The average Bonchev–Trinajstić information content (AvgIpc) is 2.74. The Morgan fingerprint density at radius 1 is 1.22 bits per heavy atom. The van der Waals surface area contributed by atoms with Crippen LogP contribution >= 0.6 is 0 Å². The number of hydrogen-bond acceptors (Lipinski definition) is 6. The number of anilines is 2. The second kappa shape index (κ2) is 7.57. The predicted octanol–water partition coefficient (Wildman–Crippen LogP) is 2.89. The van der Waals surface area contributed by atoms with E-state index >= 15 is 0 Å². The molecule has 0 aliphatic carbocycles.